The van der Waals surface area contributed by atoms with Gasteiger partial charge in [-0.1, -0.05) is 48.5 Å². The summed E-state index contributed by atoms with van der Waals surface area (Å²) >= 11 is 0. The van der Waals surface area contributed by atoms with Crippen molar-refractivity contribution >= 4 is 18.0 Å². The molecular weight excluding hydrogens is 458 g/mol. The van der Waals surface area contributed by atoms with Crippen molar-refractivity contribution in [2.24, 2.45) is 5.92 Å². The fourth-order valence-corrected chi connectivity index (χ4v) is 5.01. The summed E-state index contributed by atoms with van der Waals surface area (Å²) in [5.41, 5.74) is 4.16. The number of amides is 2. The molecule has 7 nitrogen and oxygen atoms in total. The maximum atomic E-state index is 13.8. The molecule has 2 atom stereocenters. The number of fused-ring (bicyclic) bond motifs is 3. The summed E-state index contributed by atoms with van der Waals surface area (Å²) in [7, 11) is 0. The molecule has 0 heterocycles. The summed E-state index contributed by atoms with van der Waals surface area (Å²) in [4.78, 5) is 36.2. The number of aliphatic carboxylic acids is 1. The van der Waals surface area contributed by atoms with E-state index in [0.29, 0.717) is 12.8 Å². The summed E-state index contributed by atoms with van der Waals surface area (Å²) in [6, 6.07) is 14.3. The van der Waals surface area contributed by atoms with E-state index in [2.05, 4.69) is 10.6 Å². The second kappa shape index (κ2) is 10.4. The zero-order chi connectivity index (χ0) is 25.0. The summed E-state index contributed by atoms with van der Waals surface area (Å²) in [6.45, 7) is -0.0143. The van der Waals surface area contributed by atoms with Crippen LogP contribution in [0.1, 0.15) is 49.1 Å². The number of rotatable bonds is 9. The van der Waals surface area contributed by atoms with Crippen LogP contribution >= 0.6 is 0 Å². The Balaban J connectivity index is 1.33. The Labute approximate surface area is 201 Å². The van der Waals surface area contributed by atoms with Gasteiger partial charge in [0.1, 0.15) is 12.6 Å². The number of carboxylic acid groups (broad SMARTS) is 1. The van der Waals surface area contributed by atoms with Crippen molar-refractivity contribution in [3.63, 3.8) is 0 Å². The van der Waals surface area contributed by atoms with E-state index in [4.69, 9.17) is 9.84 Å². The topological polar surface area (TPSA) is 105 Å². The van der Waals surface area contributed by atoms with E-state index in [-0.39, 0.29) is 31.9 Å². The van der Waals surface area contributed by atoms with Gasteiger partial charge >= 0.3 is 12.1 Å². The third-order valence-corrected chi connectivity index (χ3v) is 6.78. The first kappa shape index (κ1) is 24.6. The van der Waals surface area contributed by atoms with E-state index in [1.165, 1.54) is 0 Å². The van der Waals surface area contributed by atoms with Crippen molar-refractivity contribution in [2.45, 2.75) is 50.0 Å². The average Bonchev–Trinajstić information content (AvgIpc) is 3.33. The number of nitrogens with one attached hydrogen (secondary N) is 2. The molecule has 1 saturated carbocycles. The number of halogens is 2. The first-order valence-electron chi connectivity index (χ1n) is 11.7. The maximum Gasteiger partial charge on any atom is 0.407 e. The fraction of sp³-hybridized carbons (Fsp3) is 0.423. The Morgan fingerprint density at radius 1 is 1.06 bits per heavy atom. The van der Waals surface area contributed by atoms with Crippen molar-refractivity contribution in [1.82, 2.24) is 10.6 Å². The molecule has 2 aliphatic rings. The molecule has 2 aromatic rings. The van der Waals surface area contributed by atoms with E-state index in [0.717, 1.165) is 22.3 Å². The van der Waals surface area contributed by atoms with Gasteiger partial charge in [0.05, 0.1) is 6.42 Å². The number of hydrogen-bond donors (Lipinski definition) is 3. The molecule has 0 radical (unpaired) electrons. The van der Waals surface area contributed by atoms with Crippen molar-refractivity contribution < 1.29 is 33.0 Å². The molecule has 186 valence electrons. The predicted molar refractivity (Wildman–Crippen MR) is 124 cm³/mol. The third kappa shape index (κ3) is 5.61. The SMILES string of the molecule is O=C(O)CC(NC(=O)OCC1c2ccccc2-c2ccccc21)C(=O)NCCC1CCCC1(F)F. The van der Waals surface area contributed by atoms with E-state index < -0.39 is 42.3 Å². The lowest BCUT2D eigenvalue weighted by Gasteiger charge is -2.21. The molecule has 0 bridgehead atoms. The minimum Gasteiger partial charge on any atom is -0.481 e. The Morgan fingerprint density at radius 3 is 2.26 bits per heavy atom. The van der Waals surface area contributed by atoms with Gasteiger partial charge in [0, 0.05) is 24.8 Å². The molecule has 3 N–H and O–H groups in total. The first-order valence-corrected chi connectivity index (χ1v) is 11.7. The van der Waals surface area contributed by atoms with Gasteiger partial charge in [-0.2, -0.15) is 0 Å². The van der Waals surface area contributed by atoms with Crippen LogP contribution in [0.25, 0.3) is 11.1 Å². The lowest BCUT2D eigenvalue weighted by Crippen LogP contribution is -2.48. The Bertz CT molecular complexity index is 1060. The van der Waals surface area contributed by atoms with Crippen molar-refractivity contribution in [1.29, 1.82) is 0 Å². The van der Waals surface area contributed by atoms with Crippen molar-refractivity contribution in [3.05, 3.63) is 59.7 Å². The zero-order valence-electron chi connectivity index (χ0n) is 19.1. The lowest BCUT2D eigenvalue weighted by molar-refractivity contribution is -0.139. The number of alkyl halides is 2. The largest absolute Gasteiger partial charge is 0.481 e. The van der Waals surface area contributed by atoms with Gasteiger partial charge in [0.2, 0.25) is 5.91 Å². The van der Waals surface area contributed by atoms with Crippen LogP contribution in [0.3, 0.4) is 0 Å². The van der Waals surface area contributed by atoms with Crippen LogP contribution in [0.4, 0.5) is 13.6 Å². The van der Waals surface area contributed by atoms with Crippen LogP contribution in [0, 0.1) is 5.92 Å². The molecule has 2 aliphatic carbocycles. The van der Waals surface area contributed by atoms with Gasteiger partial charge in [0.25, 0.3) is 5.92 Å². The lowest BCUT2D eigenvalue weighted by atomic mass is 9.98. The molecule has 2 amide bonds. The molecule has 0 saturated heterocycles. The Morgan fingerprint density at radius 2 is 1.69 bits per heavy atom. The average molecular weight is 487 g/mol. The van der Waals surface area contributed by atoms with Crippen molar-refractivity contribution in [3.8, 4) is 11.1 Å². The van der Waals surface area contributed by atoms with E-state index in [1.807, 2.05) is 48.5 Å². The van der Waals surface area contributed by atoms with Crippen LogP contribution < -0.4 is 10.6 Å². The number of alkyl carbamates (subject to hydrolysis) is 1. The molecule has 2 aromatic carbocycles. The quantitative estimate of drug-likeness (QED) is 0.490. The number of carbonyl (C=O) groups excluding carboxylic acids is 2. The van der Waals surface area contributed by atoms with Gasteiger partial charge in [0.15, 0.2) is 0 Å². The Kier molecular flexibility index (Phi) is 7.33. The van der Waals surface area contributed by atoms with Gasteiger partial charge in [-0.3, -0.25) is 9.59 Å². The summed E-state index contributed by atoms with van der Waals surface area (Å²) in [5, 5.41) is 14.0. The van der Waals surface area contributed by atoms with Crippen LogP contribution in [0.2, 0.25) is 0 Å². The molecule has 4 rings (SSSR count). The summed E-state index contributed by atoms with van der Waals surface area (Å²) in [6.07, 6.45) is -0.818. The van der Waals surface area contributed by atoms with Crippen LogP contribution in [-0.4, -0.2) is 48.2 Å². The highest BCUT2D eigenvalue weighted by Crippen LogP contribution is 2.44. The van der Waals surface area contributed by atoms with E-state index in [1.54, 1.807) is 0 Å². The predicted octanol–water partition coefficient (Wildman–Crippen LogP) is 4.31. The van der Waals surface area contributed by atoms with E-state index >= 15 is 0 Å². The van der Waals surface area contributed by atoms with Crippen LogP contribution in [-0.2, 0) is 14.3 Å². The third-order valence-electron chi connectivity index (χ3n) is 6.78. The normalized spacial score (nSPS) is 18.9. The molecule has 9 heteroatoms. The smallest absolute Gasteiger partial charge is 0.407 e. The summed E-state index contributed by atoms with van der Waals surface area (Å²) in [5.74, 6) is -5.78. The second-order valence-electron chi connectivity index (χ2n) is 9.05. The number of hydrogen-bond acceptors (Lipinski definition) is 4. The Hall–Kier alpha value is -3.49. The van der Waals surface area contributed by atoms with Crippen LogP contribution in [0.5, 0.6) is 0 Å². The summed E-state index contributed by atoms with van der Waals surface area (Å²) < 4.78 is 32.9. The molecule has 0 aromatic heterocycles. The molecular formula is C26H28F2N2O5. The number of benzene rings is 2. The minimum absolute atomic E-state index is 0.0119. The van der Waals surface area contributed by atoms with E-state index in [9.17, 15) is 23.2 Å². The number of carboxylic acids is 1. The fourth-order valence-electron chi connectivity index (χ4n) is 5.01. The number of ether oxygens (including phenoxy) is 1. The molecule has 2 unspecified atom stereocenters. The monoisotopic (exact) mass is 486 g/mol. The number of carbonyl (C=O) groups is 3. The van der Waals surface area contributed by atoms with Crippen molar-refractivity contribution in [2.75, 3.05) is 13.2 Å². The highest BCUT2D eigenvalue weighted by molar-refractivity contribution is 5.89. The molecule has 0 aliphatic heterocycles. The molecule has 1 fully saturated rings. The van der Waals surface area contributed by atoms with Crippen LogP contribution in [0.15, 0.2) is 48.5 Å². The zero-order valence-corrected chi connectivity index (χ0v) is 19.1. The standard InChI is InChI=1S/C26H28F2N2O5/c27-26(28)12-5-6-16(26)11-13-29-24(33)22(14-23(31)32)30-25(34)35-15-21-19-9-3-1-7-17(19)18-8-2-4-10-20(18)21/h1-4,7-10,16,21-22H,5-6,11-15H2,(H,29,33)(H,30,34)(H,31,32). The van der Waals surface area contributed by atoms with Gasteiger partial charge in [-0.15, -0.1) is 0 Å². The van der Waals surface area contributed by atoms with Gasteiger partial charge in [-0.05, 0) is 41.5 Å². The molecule has 0 spiro atoms. The molecule has 35 heavy (non-hydrogen) atoms. The second-order valence-corrected chi connectivity index (χ2v) is 9.05. The minimum atomic E-state index is -2.75. The first-order chi connectivity index (χ1) is 16.8. The highest BCUT2D eigenvalue weighted by Gasteiger charge is 2.43. The van der Waals surface area contributed by atoms with Gasteiger partial charge in [-0.25, -0.2) is 13.6 Å². The highest BCUT2D eigenvalue weighted by atomic mass is 19.3. The maximum absolute atomic E-state index is 13.8. The van der Waals surface area contributed by atoms with Gasteiger partial charge < -0.3 is 20.5 Å².